The molecule has 2 amide bonds. The van der Waals surface area contributed by atoms with Gasteiger partial charge in [0.15, 0.2) is 0 Å². The number of aliphatic imine (C=N–C) groups is 1. The Labute approximate surface area is 106 Å². The van der Waals surface area contributed by atoms with E-state index in [1.807, 2.05) is 0 Å². The second kappa shape index (κ2) is 4.77. The lowest BCUT2D eigenvalue weighted by Gasteiger charge is -2.32. The number of carbonyl (C=O) groups excluding carboxylic acids is 2. The molecular formula is C12H17ClN2O2. The van der Waals surface area contributed by atoms with Crippen molar-refractivity contribution >= 4 is 29.3 Å². The Morgan fingerprint density at radius 1 is 1.24 bits per heavy atom. The summed E-state index contributed by atoms with van der Waals surface area (Å²) in [7, 11) is 0. The molecule has 1 atom stereocenters. The van der Waals surface area contributed by atoms with Crippen molar-refractivity contribution in [2.24, 2.45) is 10.4 Å². The number of halogens is 1. The summed E-state index contributed by atoms with van der Waals surface area (Å²) in [5.74, 6) is -0.218. The Bertz CT molecular complexity index is 369. The lowest BCUT2D eigenvalue weighted by atomic mass is 9.77. The third-order valence-corrected chi connectivity index (χ3v) is 3.85. The van der Waals surface area contributed by atoms with Crippen LogP contribution in [0.1, 0.15) is 45.4 Å². The maximum Gasteiger partial charge on any atom is 0.263 e. The highest BCUT2D eigenvalue weighted by Crippen LogP contribution is 2.38. The van der Waals surface area contributed by atoms with E-state index >= 15 is 0 Å². The fourth-order valence-electron chi connectivity index (χ4n) is 2.54. The van der Waals surface area contributed by atoms with E-state index in [1.165, 1.54) is 0 Å². The molecule has 94 valence electrons. The van der Waals surface area contributed by atoms with Crippen molar-refractivity contribution in [1.29, 1.82) is 0 Å². The summed E-state index contributed by atoms with van der Waals surface area (Å²) in [6, 6.07) is 0. The third-order valence-electron chi connectivity index (χ3n) is 3.64. The van der Waals surface area contributed by atoms with Gasteiger partial charge in [0.05, 0.1) is 5.38 Å². The van der Waals surface area contributed by atoms with Gasteiger partial charge in [-0.05, 0) is 19.8 Å². The molecule has 1 fully saturated rings. The molecule has 0 aromatic heterocycles. The number of rotatable bonds is 1. The summed E-state index contributed by atoms with van der Waals surface area (Å²) in [5.41, 5.74) is -0.911. The van der Waals surface area contributed by atoms with Gasteiger partial charge in [-0.15, -0.1) is 11.6 Å². The molecule has 2 rings (SSSR count). The highest BCUT2D eigenvalue weighted by Gasteiger charge is 2.48. The number of hydrogen-bond donors (Lipinski definition) is 1. The zero-order valence-corrected chi connectivity index (χ0v) is 10.7. The van der Waals surface area contributed by atoms with Crippen LogP contribution in [0.25, 0.3) is 0 Å². The summed E-state index contributed by atoms with van der Waals surface area (Å²) in [4.78, 5) is 28.3. The van der Waals surface area contributed by atoms with Crippen LogP contribution in [0.5, 0.6) is 0 Å². The van der Waals surface area contributed by atoms with Crippen LogP contribution >= 0.6 is 11.6 Å². The highest BCUT2D eigenvalue weighted by molar-refractivity contribution is 6.35. The number of nitrogens with one attached hydrogen (secondary N) is 1. The lowest BCUT2D eigenvalue weighted by molar-refractivity contribution is -0.142. The Kier molecular flexibility index (Phi) is 3.52. The van der Waals surface area contributed by atoms with E-state index in [-0.39, 0.29) is 17.6 Å². The molecule has 17 heavy (non-hydrogen) atoms. The minimum Gasteiger partial charge on any atom is -0.312 e. The van der Waals surface area contributed by atoms with Crippen LogP contribution in [0.2, 0.25) is 0 Å². The minimum atomic E-state index is -0.911. The molecule has 1 unspecified atom stereocenters. The van der Waals surface area contributed by atoms with Gasteiger partial charge in [-0.3, -0.25) is 9.59 Å². The summed E-state index contributed by atoms with van der Waals surface area (Å²) in [5, 5.41) is 2.25. The van der Waals surface area contributed by atoms with Gasteiger partial charge in [0.2, 0.25) is 5.91 Å². The first kappa shape index (κ1) is 12.6. The van der Waals surface area contributed by atoms with Crippen LogP contribution in [0.3, 0.4) is 0 Å². The van der Waals surface area contributed by atoms with Crippen molar-refractivity contribution in [2.45, 2.75) is 50.8 Å². The largest absolute Gasteiger partial charge is 0.312 e. The van der Waals surface area contributed by atoms with Crippen LogP contribution in [-0.2, 0) is 9.59 Å². The van der Waals surface area contributed by atoms with E-state index in [4.69, 9.17) is 11.6 Å². The average Bonchev–Trinajstić information content (AvgIpc) is 2.52. The van der Waals surface area contributed by atoms with Crippen LogP contribution in [0.4, 0.5) is 0 Å². The number of carbonyl (C=O) groups is 2. The molecule has 5 heteroatoms. The van der Waals surface area contributed by atoms with Gasteiger partial charge in [0.1, 0.15) is 11.3 Å². The second-order valence-corrected chi connectivity index (χ2v) is 5.52. The summed E-state index contributed by atoms with van der Waals surface area (Å²) in [6.07, 6.45) is 5.24. The van der Waals surface area contributed by atoms with E-state index in [1.54, 1.807) is 6.92 Å². The standard InChI is InChI=1S/C12H17ClN2O2/c1-8(13)9-14-10(16)12(11(17)15-9)6-4-2-3-5-7-12/h8H,2-7H2,1H3,(H,14,15,16,17). The van der Waals surface area contributed by atoms with Crippen LogP contribution in [0, 0.1) is 5.41 Å². The number of amidine groups is 1. The van der Waals surface area contributed by atoms with Crippen LogP contribution in [0.15, 0.2) is 4.99 Å². The second-order valence-electron chi connectivity index (χ2n) is 4.87. The van der Waals surface area contributed by atoms with Crippen molar-refractivity contribution in [1.82, 2.24) is 5.32 Å². The first-order valence-corrected chi connectivity index (χ1v) is 6.58. The molecule has 1 heterocycles. The van der Waals surface area contributed by atoms with Gasteiger partial charge in [-0.2, -0.15) is 4.99 Å². The molecule has 1 spiro atoms. The molecular weight excluding hydrogens is 240 g/mol. The predicted molar refractivity (Wildman–Crippen MR) is 66.0 cm³/mol. The Morgan fingerprint density at radius 2 is 1.82 bits per heavy atom. The fraction of sp³-hybridized carbons (Fsp3) is 0.750. The van der Waals surface area contributed by atoms with E-state index in [0.717, 1.165) is 25.7 Å². The topological polar surface area (TPSA) is 58.5 Å². The molecule has 0 aromatic carbocycles. The van der Waals surface area contributed by atoms with Gasteiger partial charge >= 0.3 is 0 Å². The van der Waals surface area contributed by atoms with E-state index in [0.29, 0.717) is 12.8 Å². The normalized spacial score (nSPS) is 26.1. The fourth-order valence-corrected chi connectivity index (χ4v) is 2.64. The molecule has 0 radical (unpaired) electrons. The number of nitrogens with zero attached hydrogens (tertiary/aromatic N) is 1. The molecule has 2 aliphatic rings. The van der Waals surface area contributed by atoms with Crippen molar-refractivity contribution in [2.75, 3.05) is 0 Å². The van der Waals surface area contributed by atoms with E-state index < -0.39 is 10.8 Å². The van der Waals surface area contributed by atoms with Gasteiger partial charge < -0.3 is 5.32 Å². The zero-order chi connectivity index (χ0) is 12.5. The van der Waals surface area contributed by atoms with E-state index in [2.05, 4.69) is 10.3 Å². The molecule has 4 nitrogen and oxygen atoms in total. The maximum atomic E-state index is 12.2. The lowest BCUT2D eigenvalue weighted by Crippen LogP contribution is -2.54. The smallest absolute Gasteiger partial charge is 0.263 e. The zero-order valence-electron chi connectivity index (χ0n) is 9.96. The number of alkyl halides is 1. The van der Waals surface area contributed by atoms with Gasteiger partial charge in [0, 0.05) is 0 Å². The quantitative estimate of drug-likeness (QED) is 0.576. The number of amides is 2. The van der Waals surface area contributed by atoms with Gasteiger partial charge in [-0.1, -0.05) is 25.7 Å². The van der Waals surface area contributed by atoms with Crippen LogP contribution < -0.4 is 5.32 Å². The maximum absolute atomic E-state index is 12.2. The number of hydrogen-bond acceptors (Lipinski definition) is 2. The molecule has 1 saturated carbocycles. The Balaban J connectivity index is 2.30. The van der Waals surface area contributed by atoms with Crippen molar-refractivity contribution in [3.8, 4) is 0 Å². The third kappa shape index (κ3) is 2.23. The molecule has 1 N–H and O–H groups in total. The summed E-state index contributed by atoms with van der Waals surface area (Å²) >= 11 is 5.85. The molecule has 0 saturated heterocycles. The summed E-state index contributed by atoms with van der Waals surface area (Å²) < 4.78 is 0. The van der Waals surface area contributed by atoms with Crippen molar-refractivity contribution < 1.29 is 9.59 Å². The highest BCUT2D eigenvalue weighted by atomic mass is 35.5. The molecule has 0 aromatic rings. The molecule has 1 aliphatic carbocycles. The van der Waals surface area contributed by atoms with Gasteiger partial charge in [-0.25, -0.2) is 0 Å². The first-order chi connectivity index (χ1) is 8.06. The van der Waals surface area contributed by atoms with Crippen LogP contribution in [-0.4, -0.2) is 23.0 Å². The van der Waals surface area contributed by atoms with Crippen molar-refractivity contribution in [3.63, 3.8) is 0 Å². The predicted octanol–water partition coefficient (Wildman–Crippen LogP) is 2.01. The van der Waals surface area contributed by atoms with E-state index in [9.17, 15) is 9.59 Å². The Morgan fingerprint density at radius 3 is 2.29 bits per heavy atom. The average molecular weight is 257 g/mol. The van der Waals surface area contributed by atoms with Gasteiger partial charge in [0.25, 0.3) is 5.91 Å². The SMILES string of the molecule is CC(Cl)C1=NC(=O)C2(CCCCCC2)C(=O)N1. The summed E-state index contributed by atoms with van der Waals surface area (Å²) in [6.45, 7) is 1.69. The Hall–Kier alpha value is -0.900. The minimum absolute atomic E-state index is 0.207. The molecule has 1 aliphatic heterocycles. The first-order valence-electron chi connectivity index (χ1n) is 6.15. The monoisotopic (exact) mass is 256 g/mol. The molecule has 0 bridgehead atoms. The van der Waals surface area contributed by atoms with Crippen molar-refractivity contribution in [3.05, 3.63) is 0 Å².